The van der Waals surface area contributed by atoms with E-state index in [0.717, 1.165) is 30.7 Å². The van der Waals surface area contributed by atoms with E-state index in [1.54, 1.807) is 0 Å². The quantitative estimate of drug-likeness (QED) is 0.865. The van der Waals surface area contributed by atoms with Gasteiger partial charge in [0.15, 0.2) is 0 Å². The fourth-order valence-corrected chi connectivity index (χ4v) is 2.90. The summed E-state index contributed by atoms with van der Waals surface area (Å²) in [6.07, 6.45) is 2.97. The summed E-state index contributed by atoms with van der Waals surface area (Å²) in [6.45, 7) is 8.25. The van der Waals surface area contributed by atoms with Gasteiger partial charge in [-0.3, -0.25) is 4.90 Å². The SMILES string of the molecule is CCCCN(C(C)CC)C1COc2ccccc2C1O. The summed E-state index contributed by atoms with van der Waals surface area (Å²) < 4.78 is 5.86. The monoisotopic (exact) mass is 277 g/mol. The largest absolute Gasteiger partial charge is 0.491 e. The van der Waals surface area contributed by atoms with Gasteiger partial charge >= 0.3 is 0 Å². The number of hydrogen-bond acceptors (Lipinski definition) is 3. The Balaban J connectivity index is 2.18. The summed E-state index contributed by atoms with van der Waals surface area (Å²) in [5, 5.41) is 10.7. The molecule has 0 fully saturated rings. The molecule has 0 aromatic heterocycles. The molecule has 3 heteroatoms. The van der Waals surface area contributed by atoms with Gasteiger partial charge in [0.1, 0.15) is 18.5 Å². The van der Waals surface area contributed by atoms with E-state index in [-0.39, 0.29) is 6.04 Å². The van der Waals surface area contributed by atoms with Crippen LogP contribution in [0.4, 0.5) is 0 Å². The highest BCUT2D eigenvalue weighted by atomic mass is 16.5. The molecule has 1 N–H and O–H groups in total. The van der Waals surface area contributed by atoms with Crippen molar-refractivity contribution in [3.8, 4) is 5.75 Å². The standard InChI is InChI=1S/C17H27NO2/c1-4-6-11-18(13(3)5-2)15-12-20-16-10-8-7-9-14(16)17(15)19/h7-10,13,15,17,19H,4-6,11-12H2,1-3H3. The van der Waals surface area contributed by atoms with Crippen LogP contribution in [0.5, 0.6) is 5.75 Å². The first kappa shape index (κ1) is 15.3. The zero-order valence-corrected chi connectivity index (χ0v) is 12.9. The van der Waals surface area contributed by atoms with Gasteiger partial charge in [0.25, 0.3) is 0 Å². The van der Waals surface area contributed by atoms with Gasteiger partial charge in [-0.25, -0.2) is 0 Å². The molecule has 1 aliphatic heterocycles. The number of unbranched alkanes of at least 4 members (excludes halogenated alkanes) is 1. The predicted molar refractivity (Wildman–Crippen MR) is 82.1 cm³/mol. The van der Waals surface area contributed by atoms with E-state index in [4.69, 9.17) is 4.74 Å². The van der Waals surface area contributed by atoms with E-state index >= 15 is 0 Å². The third kappa shape index (κ3) is 3.15. The Bertz CT molecular complexity index is 421. The maximum atomic E-state index is 10.7. The van der Waals surface area contributed by atoms with Crippen LogP contribution in [0.15, 0.2) is 24.3 Å². The van der Waals surface area contributed by atoms with Crippen molar-refractivity contribution in [3.63, 3.8) is 0 Å². The van der Waals surface area contributed by atoms with E-state index in [9.17, 15) is 5.11 Å². The van der Waals surface area contributed by atoms with Crippen molar-refractivity contribution < 1.29 is 9.84 Å². The topological polar surface area (TPSA) is 32.7 Å². The summed E-state index contributed by atoms with van der Waals surface area (Å²) in [5.74, 6) is 0.829. The number of ether oxygens (including phenoxy) is 1. The van der Waals surface area contributed by atoms with E-state index < -0.39 is 6.10 Å². The highest BCUT2D eigenvalue weighted by Crippen LogP contribution is 2.34. The molecule has 0 spiro atoms. The minimum atomic E-state index is -0.453. The molecule has 112 valence electrons. The molecule has 1 aromatic carbocycles. The Hall–Kier alpha value is -1.06. The molecule has 1 heterocycles. The molecule has 3 nitrogen and oxygen atoms in total. The van der Waals surface area contributed by atoms with Crippen LogP contribution in [0.3, 0.4) is 0 Å². The lowest BCUT2D eigenvalue weighted by atomic mass is 9.96. The van der Waals surface area contributed by atoms with Gasteiger partial charge in [0, 0.05) is 11.6 Å². The average Bonchev–Trinajstić information content (AvgIpc) is 2.49. The Morgan fingerprint density at radius 2 is 2.10 bits per heavy atom. The van der Waals surface area contributed by atoms with Crippen LogP contribution in [0, 0.1) is 0 Å². The van der Waals surface area contributed by atoms with Crippen LogP contribution in [0.2, 0.25) is 0 Å². The second-order valence-corrected chi connectivity index (χ2v) is 5.71. The summed E-state index contributed by atoms with van der Waals surface area (Å²) in [6, 6.07) is 8.36. The molecule has 2 rings (SSSR count). The van der Waals surface area contributed by atoms with Crippen molar-refractivity contribution in [1.29, 1.82) is 0 Å². The predicted octanol–water partition coefficient (Wildman–Crippen LogP) is 3.38. The third-order valence-corrected chi connectivity index (χ3v) is 4.36. The molecule has 0 amide bonds. The first-order chi connectivity index (χ1) is 9.69. The van der Waals surface area contributed by atoms with E-state index in [0.29, 0.717) is 12.6 Å². The number of nitrogens with zero attached hydrogens (tertiary/aromatic N) is 1. The Kier molecular flexibility index (Phi) is 5.44. The second kappa shape index (κ2) is 7.09. The Labute approximate surface area is 122 Å². The number of fused-ring (bicyclic) bond motifs is 1. The fourth-order valence-electron chi connectivity index (χ4n) is 2.90. The lowest BCUT2D eigenvalue weighted by Gasteiger charge is -2.41. The average molecular weight is 277 g/mol. The number of aliphatic hydroxyl groups is 1. The van der Waals surface area contributed by atoms with Crippen LogP contribution >= 0.6 is 0 Å². The van der Waals surface area contributed by atoms with Gasteiger partial charge in [0.05, 0.1) is 6.04 Å². The molecule has 0 aliphatic carbocycles. The van der Waals surface area contributed by atoms with Crippen molar-refractivity contribution in [1.82, 2.24) is 4.90 Å². The number of benzene rings is 1. The van der Waals surface area contributed by atoms with Gasteiger partial charge < -0.3 is 9.84 Å². The summed E-state index contributed by atoms with van der Waals surface area (Å²) in [5.41, 5.74) is 0.925. The first-order valence-electron chi connectivity index (χ1n) is 7.84. The highest BCUT2D eigenvalue weighted by molar-refractivity contribution is 5.37. The van der Waals surface area contributed by atoms with Gasteiger partial charge in [-0.05, 0) is 32.4 Å². The molecule has 0 saturated heterocycles. The lowest BCUT2D eigenvalue weighted by Crippen LogP contribution is -2.50. The molecular weight excluding hydrogens is 250 g/mol. The van der Waals surface area contributed by atoms with Crippen molar-refractivity contribution in [2.24, 2.45) is 0 Å². The van der Waals surface area contributed by atoms with Gasteiger partial charge in [-0.15, -0.1) is 0 Å². The fraction of sp³-hybridized carbons (Fsp3) is 0.647. The summed E-state index contributed by atoms with van der Waals surface area (Å²) in [4.78, 5) is 2.42. The van der Waals surface area contributed by atoms with Crippen LogP contribution in [-0.2, 0) is 0 Å². The van der Waals surface area contributed by atoms with Gasteiger partial charge in [-0.2, -0.15) is 0 Å². The van der Waals surface area contributed by atoms with E-state index in [1.165, 1.54) is 6.42 Å². The molecule has 0 saturated carbocycles. The van der Waals surface area contributed by atoms with Gasteiger partial charge in [0.2, 0.25) is 0 Å². The second-order valence-electron chi connectivity index (χ2n) is 5.71. The Morgan fingerprint density at radius 3 is 2.80 bits per heavy atom. The molecule has 0 radical (unpaired) electrons. The minimum Gasteiger partial charge on any atom is -0.491 e. The normalized spacial score (nSPS) is 23.2. The van der Waals surface area contributed by atoms with Crippen LogP contribution in [0.1, 0.15) is 51.7 Å². The Morgan fingerprint density at radius 1 is 1.35 bits per heavy atom. The van der Waals surface area contributed by atoms with E-state index in [2.05, 4.69) is 25.7 Å². The van der Waals surface area contributed by atoms with Crippen molar-refractivity contribution in [2.45, 2.75) is 58.2 Å². The molecule has 20 heavy (non-hydrogen) atoms. The molecular formula is C17H27NO2. The van der Waals surface area contributed by atoms with E-state index in [1.807, 2.05) is 24.3 Å². The smallest absolute Gasteiger partial charge is 0.125 e. The molecule has 1 aromatic rings. The molecule has 0 bridgehead atoms. The minimum absolute atomic E-state index is 0.0615. The number of rotatable bonds is 6. The molecule has 3 unspecified atom stereocenters. The highest BCUT2D eigenvalue weighted by Gasteiger charge is 2.34. The maximum absolute atomic E-state index is 10.7. The summed E-state index contributed by atoms with van der Waals surface area (Å²) >= 11 is 0. The first-order valence-corrected chi connectivity index (χ1v) is 7.84. The van der Waals surface area contributed by atoms with Crippen LogP contribution in [-0.4, -0.2) is 35.2 Å². The third-order valence-electron chi connectivity index (χ3n) is 4.36. The maximum Gasteiger partial charge on any atom is 0.125 e. The van der Waals surface area contributed by atoms with Crippen LogP contribution in [0.25, 0.3) is 0 Å². The van der Waals surface area contributed by atoms with Crippen LogP contribution < -0.4 is 4.74 Å². The van der Waals surface area contributed by atoms with Crippen molar-refractivity contribution >= 4 is 0 Å². The zero-order valence-electron chi connectivity index (χ0n) is 12.9. The summed E-state index contributed by atoms with van der Waals surface area (Å²) in [7, 11) is 0. The van der Waals surface area contributed by atoms with Gasteiger partial charge in [-0.1, -0.05) is 38.5 Å². The number of para-hydroxylation sites is 1. The van der Waals surface area contributed by atoms with Crippen molar-refractivity contribution in [3.05, 3.63) is 29.8 Å². The van der Waals surface area contributed by atoms with Crippen molar-refractivity contribution in [2.75, 3.05) is 13.2 Å². The molecule has 3 atom stereocenters. The zero-order chi connectivity index (χ0) is 14.5. The number of aliphatic hydroxyl groups excluding tert-OH is 1. The lowest BCUT2D eigenvalue weighted by molar-refractivity contribution is -0.0149. The molecule has 1 aliphatic rings. The number of hydrogen-bond donors (Lipinski definition) is 1.